The highest BCUT2D eigenvalue weighted by Crippen LogP contribution is 2.35. The maximum atomic E-state index is 12.7. The van der Waals surface area contributed by atoms with Crippen molar-refractivity contribution in [3.8, 4) is 11.5 Å². The fourth-order valence-electron chi connectivity index (χ4n) is 3.05. The average molecular weight is 408 g/mol. The molecule has 1 atom stereocenters. The van der Waals surface area contributed by atoms with Gasteiger partial charge in [-0.25, -0.2) is 0 Å². The average Bonchev–Trinajstić information content (AvgIpc) is 3.27. The molecule has 2 aromatic heterocycles. The van der Waals surface area contributed by atoms with Crippen molar-refractivity contribution in [1.29, 1.82) is 0 Å². The lowest BCUT2D eigenvalue weighted by Crippen LogP contribution is -2.26. The molecule has 2 aromatic carbocycles. The molecule has 144 valence electrons. The minimum Gasteiger partial charge on any atom is -0.485 e. The number of nitro benzene ring substituents is 1. The van der Waals surface area contributed by atoms with Crippen LogP contribution >= 0.6 is 11.3 Å². The topological polar surface area (TPSA) is 109 Å². The van der Waals surface area contributed by atoms with Crippen molar-refractivity contribution in [3.63, 3.8) is 0 Å². The van der Waals surface area contributed by atoms with Crippen LogP contribution in [0.3, 0.4) is 0 Å². The van der Waals surface area contributed by atoms with Gasteiger partial charge in [0.2, 0.25) is 4.96 Å². The van der Waals surface area contributed by atoms with Gasteiger partial charge in [0.25, 0.3) is 11.2 Å². The lowest BCUT2D eigenvalue weighted by atomic mass is 10.2. The highest BCUT2D eigenvalue weighted by molar-refractivity contribution is 7.15. The molecule has 5 rings (SSSR count). The minimum absolute atomic E-state index is 0.0713. The number of nitrogens with zero attached hydrogens (tertiary/aromatic N) is 4. The van der Waals surface area contributed by atoms with E-state index in [0.717, 1.165) is 11.3 Å². The van der Waals surface area contributed by atoms with Crippen LogP contribution in [0, 0.1) is 10.1 Å². The molecule has 0 radical (unpaired) electrons. The SMILES string of the molecule is O=c1/c(=C\c2ccccc2[N+](=O)[O-])sc2nc(C3COc4ccccc4O3)nn12. The second-order valence-corrected chi connectivity index (χ2v) is 7.27. The van der Waals surface area contributed by atoms with Gasteiger partial charge in [-0.15, -0.1) is 5.10 Å². The van der Waals surface area contributed by atoms with Crippen LogP contribution in [0.1, 0.15) is 17.5 Å². The molecule has 0 saturated carbocycles. The van der Waals surface area contributed by atoms with Crippen molar-refractivity contribution in [3.05, 3.63) is 84.9 Å². The van der Waals surface area contributed by atoms with E-state index in [1.807, 2.05) is 18.2 Å². The van der Waals surface area contributed by atoms with Gasteiger partial charge in [0, 0.05) is 6.07 Å². The van der Waals surface area contributed by atoms with E-state index in [1.54, 1.807) is 24.3 Å². The number of rotatable bonds is 3. The Kier molecular flexibility index (Phi) is 3.98. The van der Waals surface area contributed by atoms with Crippen LogP contribution in [0.15, 0.2) is 53.3 Å². The maximum absolute atomic E-state index is 12.7. The summed E-state index contributed by atoms with van der Waals surface area (Å²) in [6.45, 7) is 0.234. The Morgan fingerprint density at radius 2 is 1.93 bits per heavy atom. The molecule has 29 heavy (non-hydrogen) atoms. The summed E-state index contributed by atoms with van der Waals surface area (Å²) in [5.41, 5.74) is -0.114. The highest BCUT2D eigenvalue weighted by Gasteiger charge is 2.27. The third kappa shape index (κ3) is 2.99. The lowest BCUT2D eigenvalue weighted by Gasteiger charge is -2.24. The summed E-state index contributed by atoms with van der Waals surface area (Å²) in [6, 6.07) is 13.5. The molecule has 9 nitrogen and oxygen atoms in total. The van der Waals surface area contributed by atoms with Crippen LogP contribution in [-0.2, 0) is 0 Å². The van der Waals surface area contributed by atoms with Crippen LogP contribution in [0.5, 0.6) is 11.5 Å². The van der Waals surface area contributed by atoms with Crippen molar-refractivity contribution in [2.75, 3.05) is 6.61 Å². The standard InChI is InChI=1S/C19H12N4O5S/c24-18-16(9-11-5-1-2-6-12(11)23(25)26)29-19-20-17(21-22(18)19)15-10-27-13-7-3-4-8-14(13)28-15/h1-9,15H,10H2/b16-9+. The minimum atomic E-state index is -0.529. The maximum Gasteiger partial charge on any atom is 0.291 e. The predicted molar refractivity (Wildman–Crippen MR) is 104 cm³/mol. The third-order valence-electron chi connectivity index (χ3n) is 4.41. The highest BCUT2D eigenvalue weighted by atomic mass is 32.1. The third-order valence-corrected chi connectivity index (χ3v) is 5.37. The lowest BCUT2D eigenvalue weighted by molar-refractivity contribution is -0.385. The van der Waals surface area contributed by atoms with E-state index in [-0.39, 0.29) is 17.9 Å². The van der Waals surface area contributed by atoms with E-state index in [1.165, 1.54) is 16.7 Å². The zero-order valence-electron chi connectivity index (χ0n) is 14.7. The smallest absolute Gasteiger partial charge is 0.291 e. The molecule has 0 spiro atoms. The molecular weight excluding hydrogens is 396 g/mol. The predicted octanol–water partition coefficient (Wildman–Crippen LogP) is 2.12. The molecule has 3 heterocycles. The van der Waals surface area contributed by atoms with Gasteiger partial charge in [-0.3, -0.25) is 14.9 Å². The van der Waals surface area contributed by atoms with Crippen LogP contribution in [0.2, 0.25) is 0 Å². The Hall–Kier alpha value is -3.79. The molecule has 1 unspecified atom stereocenters. The number of hydrogen-bond acceptors (Lipinski definition) is 8. The summed E-state index contributed by atoms with van der Waals surface area (Å²) in [5, 5.41) is 15.5. The van der Waals surface area contributed by atoms with Gasteiger partial charge in [0.15, 0.2) is 23.4 Å². The van der Waals surface area contributed by atoms with Gasteiger partial charge in [-0.05, 0) is 24.3 Å². The molecule has 0 N–H and O–H groups in total. The number of para-hydroxylation sites is 3. The van der Waals surface area contributed by atoms with Crippen LogP contribution in [0.25, 0.3) is 11.0 Å². The number of thiazole rings is 1. The molecule has 0 amide bonds. The van der Waals surface area contributed by atoms with Crippen LogP contribution < -0.4 is 19.6 Å². The van der Waals surface area contributed by atoms with Crippen molar-refractivity contribution < 1.29 is 14.4 Å². The molecule has 4 aromatic rings. The fourth-order valence-corrected chi connectivity index (χ4v) is 3.95. The van der Waals surface area contributed by atoms with Crippen molar-refractivity contribution in [2.45, 2.75) is 6.10 Å². The number of ether oxygens (including phenoxy) is 2. The summed E-state index contributed by atoms with van der Waals surface area (Å²) >= 11 is 1.11. The first-order valence-corrected chi connectivity index (χ1v) is 9.45. The zero-order valence-corrected chi connectivity index (χ0v) is 15.5. The van der Waals surface area contributed by atoms with Crippen molar-refractivity contribution in [2.24, 2.45) is 0 Å². The Labute approximate surface area is 166 Å². The molecular formula is C19H12N4O5S. The number of fused-ring (bicyclic) bond motifs is 2. The van der Waals surface area contributed by atoms with Crippen LogP contribution in [-0.4, -0.2) is 26.1 Å². The van der Waals surface area contributed by atoms with E-state index < -0.39 is 11.0 Å². The van der Waals surface area contributed by atoms with Crippen LogP contribution in [0.4, 0.5) is 5.69 Å². The van der Waals surface area contributed by atoms with Gasteiger partial charge in [0.05, 0.1) is 15.0 Å². The summed E-state index contributed by atoms with van der Waals surface area (Å²) in [7, 11) is 0. The van der Waals surface area contributed by atoms with Gasteiger partial charge in [-0.2, -0.15) is 9.50 Å². The van der Waals surface area contributed by atoms with Gasteiger partial charge in [0.1, 0.15) is 6.61 Å². The molecule has 1 aliphatic heterocycles. The zero-order chi connectivity index (χ0) is 20.0. The monoisotopic (exact) mass is 408 g/mol. The molecule has 0 fully saturated rings. The second-order valence-electron chi connectivity index (χ2n) is 6.26. The Morgan fingerprint density at radius 1 is 1.17 bits per heavy atom. The Morgan fingerprint density at radius 3 is 2.72 bits per heavy atom. The first-order valence-electron chi connectivity index (χ1n) is 8.63. The van der Waals surface area contributed by atoms with E-state index in [4.69, 9.17) is 9.47 Å². The van der Waals surface area contributed by atoms with Gasteiger partial charge in [-0.1, -0.05) is 35.6 Å². The van der Waals surface area contributed by atoms with Gasteiger partial charge < -0.3 is 9.47 Å². The first-order chi connectivity index (χ1) is 14.1. The van der Waals surface area contributed by atoms with E-state index in [9.17, 15) is 14.9 Å². The molecule has 0 saturated heterocycles. The number of benzene rings is 2. The quantitative estimate of drug-likeness (QED) is 0.377. The summed E-state index contributed by atoms with van der Waals surface area (Å²) in [5.74, 6) is 1.59. The largest absolute Gasteiger partial charge is 0.485 e. The summed E-state index contributed by atoms with van der Waals surface area (Å²) in [4.78, 5) is 28.2. The second kappa shape index (κ2) is 6.67. The number of hydrogen-bond donors (Lipinski definition) is 0. The summed E-state index contributed by atoms with van der Waals surface area (Å²) in [6.07, 6.45) is 0.955. The van der Waals surface area contributed by atoms with Crippen molar-refractivity contribution >= 4 is 28.1 Å². The Balaban J connectivity index is 1.52. The molecule has 10 heteroatoms. The first kappa shape index (κ1) is 17.3. The number of nitro groups is 1. The van der Waals surface area contributed by atoms with E-state index in [0.29, 0.717) is 32.4 Å². The molecule has 1 aliphatic rings. The normalized spacial score (nSPS) is 16.3. The van der Waals surface area contributed by atoms with Crippen molar-refractivity contribution in [1.82, 2.24) is 14.6 Å². The molecule has 0 aliphatic carbocycles. The summed E-state index contributed by atoms with van der Waals surface area (Å²) < 4.78 is 13.1. The Bertz CT molecular complexity index is 1360. The number of aromatic nitrogens is 3. The van der Waals surface area contributed by atoms with Gasteiger partial charge >= 0.3 is 0 Å². The van der Waals surface area contributed by atoms with E-state index >= 15 is 0 Å². The fraction of sp³-hybridized carbons (Fsp3) is 0.105. The molecule has 0 bridgehead atoms. The van der Waals surface area contributed by atoms with E-state index in [2.05, 4.69) is 10.1 Å².